The summed E-state index contributed by atoms with van der Waals surface area (Å²) in [6.45, 7) is 2.10. The molecule has 1 aromatic heterocycles. The van der Waals surface area contributed by atoms with Gasteiger partial charge in [-0.05, 0) is 34.9 Å². The zero-order chi connectivity index (χ0) is 20.3. The van der Waals surface area contributed by atoms with Crippen LogP contribution in [0.5, 0.6) is 0 Å². The van der Waals surface area contributed by atoms with Gasteiger partial charge in [0, 0.05) is 11.1 Å². The van der Waals surface area contributed by atoms with Gasteiger partial charge in [0.05, 0.1) is 23.0 Å². The molecule has 0 aliphatic carbocycles. The van der Waals surface area contributed by atoms with Gasteiger partial charge in [-0.15, -0.1) is 0 Å². The van der Waals surface area contributed by atoms with E-state index in [4.69, 9.17) is 0 Å². The number of hydrogen-bond donors (Lipinski definition) is 2. The van der Waals surface area contributed by atoms with Crippen LogP contribution in [-0.4, -0.2) is 24.8 Å². The minimum atomic E-state index is -3.77. The molecule has 29 heavy (non-hydrogen) atoms. The first-order valence-corrected chi connectivity index (χ1v) is 10.7. The highest BCUT2D eigenvalue weighted by Gasteiger charge is 2.13. The minimum Gasteiger partial charge on any atom is -0.277 e. The van der Waals surface area contributed by atoms with Gasteiger partial charge >= 0.3 is 0 Å². The van der Waals surface area contributed by atoms with Gasteiger partial charge in [-0.1, -0.05) is 61.5 Å². The summed E-state index contributed by atoms with van der Waals surface area (Å²) >= 11 is 0. The van der Waals surface area contributed by atoms with Crippen molar-refractivity contribution in [3.05, 3.63) is 84.1 Å². The van der Waals surface area contributed by atoms with Crippen molar-refractivity contribution >= 4 is 27.0 Å². The van der Waals surface area contributed by atoms with Gasteiger partial charge in [0.1, 0.15) is 0 Å². The predicted molar refractivity (Wildman–Crippen MR) is 115 cm³/mol. The maximum atomic E-state index is 12.6. The van der Waals surface area contributed by atoms with E-state index in [9.17, 15) is 8.42 Å². The van der Waals surface area contributed by atoms with E-state index in [2.05, 4.69) is 39.2 Å². The normalized spacial score (nSPS) is 11.9. The first kappa shape index (κ1) is 18.9. The fourth-order valence-electron chi connectivity index (χ4n) is 3.08. The van der Waals surface area contributed by atoms with Crippen molar-refractivity contribution in [2.45, 2.75) is 18.2 Å². The van der Waals surface area contributed by atoms with Crippen molar-refractivity contribution < 1.29 is 8.42 Å². The highest BCUT2D eigenvalue weighted by atomic mass is 32.2. The van der Waals surface area contributed by atoms with Crippen LogP contribution in [-0.2, 0) is 16.4 Å². The Labute approximate surface area is 169 Å². The summed E-state index contributed by atoms with van der Waals surface area (Å²) in [5, 5.41) is 12.8. The number of aromatic amines is 1. The molecule has 0 spiro atoms. The highest BCUT2D eigenvalue weighted by Crippen LogP contribution is 2.21. The van der Waals surface area contributed by atoms with E-state index in [1.54, 1.807) is 24.4 Å². The van der Waals surface area contributed by atoms with Crippen LogP contribution < -0.4 is 4.83 Å². The number of sulfonamides is 1. The number of hydrogen-bond acceptors (Lipinski definition) is 4. The smallest absolute Gasteiger partial charge is 0.276 e. The Morgan fingerprint density at radius 2 is 1.79 bits per heavy atom. The quantitative estimate of drug-likeness (QED) is 0.375. The van der Waals surface area contributed by atoms with Gasteiger partial charge in [0.25, 0.3) is 10.0 Å². The fraction of sp³-hybridized carbons (Fsp3) is 0.0909. The third-order valence-corrected chi connectivity index (χ3v) is 5.95. The Hall–Kier alpha value is -3.45. The van der Waals surface area contributed by atoms with Crippen LogP contribution in [0.3, 0.4) is 0 Å². The van der Waals surface area contributed by atoms with Crippen molar-refractivity contribution in [1.82, 2.24) is 15.0 Å². The van der Waals surface area contributed by atoms with Crippen LogP contribution in [0.4, 0.5) is 0 Å². The van der Waals surface area contributed by atoms with Gasteiger partial charge in [0.2, 0.25) is 0 Å². The second kappa shape index (κ2) is 7.89. The molecule has 0 aliphatic rings. The van der Waals surface area contributed by atoms with Crippen LogP contribution in [0.15, 0.2) is 82.9 Å². The number of nitrogens with one attached hydrogen (secondary N) is 2. The standard InChI is InChI=1S/C22H20N4O2S/c1-2-16-7-9-18(10-8-16)22-20(14-23-25-22)15-24-26-29(27,28)21-12-11-17-5-3-4-6-19(17)13-21/h3-15,26H,2H2,1H3,(H,23,25). The maximum absolute atomic E-state index is 12.6. The lowest BCUT2D eigenvalue weighted by atomic mass is 10.1. The number of rotatable bonds is 6. The van der Waals surface area contributed by atoms with Gasteiger partial charge < -0.3 is 0 Å². The van der Waals surface area contributed by atoms with Crippen molar-refractivity contribution in [2.24, 2.45) is 5.10 Å². The molecule has 0 aliphatic heterocycles. The molecule has 4 rings (SSSR count). The fourth-order valence-corrected chi connectivity index (χ4v) is 3.91. The monoisotopic (exact) mass is 404 g/mol. The number of aryl methyl sites for hydroxylation is 1. The Kier molecular flexibility index (Phi) is 5.14. The molecule has 0 unspecified atom stereocenters. The highest BCUT2D eigenvalue weighted by molar-refractivity contribution is 7.89. The molecule has 0 saturated heterocycles. The van der Waals surface area contributed by atoms with Gasteiger partial charge in [0.15, 0.2) is 0 Å². The van der Waals surface area contributed by atoms with E-state index < -0.39 is 10.0 Å². The molecule has 0 fully saturated rings. The van der Waals surface area contributed by atoms with E-state index in [1.165, 1.54) is 11.8 Å². The average molecular weight is 404 g/mol. The van der Waals surface area contributed by atoms with Crippen molar-refractivity contribution in [2.75, 3.05) is 0 Å². The molecular formula is C22H20N4O2S. The Bertz CT molecular complexity index is 1280. The van der Waals surface area contributed by atoms with E-state index in [0.717, 1.165) is 28.5 Å². The molecular weight excluding hydrogens is 384 g/mol. The lowest BCUT2D eigenvalue weighted by molar-refractivity contribution is 0.585. The molecule has 1 heterocycles. The molecule has 6 nitrogen and oxygen atoms in total. The SMILES string of the molecule is CCc1ccc(-c2[nH]ncc2C=NNS(=O)(=O)c2ccc3ccccc3c2)cc1. The van der Waals surface area contributed by atoms with Gasteiger partial charge in [-0.2, -0.15) is 18.6 Å². The zero-order valence-electron chi connectivity index (χ0n) is 15.8. The summed E-state index contributed by atoms with van der Waals surface area (Å²) in [4.78, 5) is 2.44. The molecule has 2 N–H and O–H groups in total. The number of nitrogens with zero attached hydrogens (tertiary/aromatic N) is 2. The van der Waals surface area contributed by atoms with Crippen molar-refractivity contribution in [3.8, 4) is 11.3 Å². The zero-order valence-corrected chi connectivity index (χ0v) is 16.6. The molecule has 0 radical (unpaired) electrons. The van der Waals surface area contributed by atoms with E-state index >= 15 is 0 Å². The summed E-state index contributed by atoms with van der Waals surface area (Å²) in [7, 11) is -3.77. The molecule has 3 aromatic carbocycles. The largest absolute Gasteiger partial charge is 0.277 e. The number of aromatic nitrogens is 2. The summed E-state index contributed by atoms with van der Waals surface area (Å²) in [5.41, 5.74) is 3.67. The van der Waals surface area contributed by atoms with Crippen molar-refractivity contribution in [3.63, 3.8) is 0 Å². The topological polar surface area (TPSA) is 87.2 Å². The number of H-pyrrole nitrogens is 1. The van der Waals surface area contributed by atoms with E-state index in [0.29, 0.717) is 5.56 Å². The Balaban J connectivity index is 1.54. The molecule has 0 bridgehead atoms. The van der Waals surface area contributed by atoms with Crippen LogP contribution in [0, 0.1) is 0 Å². The lowest BCUT2D eigenvalue weighted by Crippen LogP contribution is -2.18. The van der Waals surface area contributed by atoms with Crippen LogP contribution in [0.2, 0.25) is 0 Å². The van der Waals surface area contributed by atoms with E-state index in [1.807, 2.05) is 36.4 Å². The summed E-state index contributed by atoms with van der Waals surface area (Å²) < 4.78 is 25.2. The molecule has 7 heteroatoms. The summed E-state index contributed by atoms with van der Waals surface area (Å²) in [5.74, 6) is 0. The van der Waals surface area contributed by atoms with Crippen LogP contribution >= 0.6 is 0 Å². The van der Waals surface area contributed by atoms with Crippen LogP contribution in [0.25, 0.3) is 22.0 Å². The molecule has 0 amide bonds. The third kappa shape index (κ3) is 4.05. The second-order valence-corrected chi connectivity index (χ2v) is 8.27. The maximum Gasteiger partial charge on any atom is 0.276 e. The predicted octanol–water partition coefficient (Wildman–Crippen LogP) is 4.10. The first-order chi connectivity index (χ1) is 14.1. The Morgan fingerprint density at radius 3 is 2.55 bits per heavy atom. The number of hydrazone groups is 1. The second-order valence-electron chi connectivity index (χ2n) is 6.61. The number of benzene rings is 3. The third-order valence-electron chi connectivity index (χ3n) is 4.73. The summed E-state index contributed by atoms with van der Waals surface area (Å²) in [6.07, 6.45) is 4.02. The number of fused-ring (bicyclic) bond motifs is 1. The molecule has 4 aromatic rings. The summed E-state index contributed by atoms with van der Waals surface area (Å²) in [6, 6.07) is 20.7. The van der Waals surface area contributed by atoms with Gasteiger partial charge in [-0.3, -0.25) is 5.10 Å². The van der Waals surface area contributed by atoms with Crippen LogP contribution in [0.1, 0.15) is 18.1 Å². The minimum absolute atomic E-state index is 0.163. The average Bonchev–Trinajstić information content (AvgIpc) is 3.22. The van der Waals surface area contributed by atoms with E-state index in [-0.39, 0.29) is 4.90 Å². The van der Waals surface area contributed by atoms with Crippen molar-refractivity contribution in [1.29, 1.82) is 0 Å². The van der Waals surface area contributed by atoms with Gasteiger partial charge in [-0.25, -0.2) is 4.83 Å². The molecule has 0 atom stereocenters. The first-order valence-electron chi connectivity index (χ1n) is 9.23. The molecule has 146 valence electrons. The lowest BCUT2D eigenvalue weighted by Gasteiger charge is -2.05. The Morgan fingerprint density at radius 1 is 1.03 bits per heavy atom. The molecule has 0 saturated carbocycles.